The molecule has 1 aromatic carbocycles. The van der Waals surface area contributed by atoms with Crippen molar-refractivity contribution in [3.05, 3.63) is 48.0 Å². The normalized spacial score (nSPS) is 11.9. The second-order valence-corrected chi connectivity index (χ2v) is 4.26. The summed E-state index contributed by atoms with van der Waals surface area (Å²) in [4.78, 5) is 11.7. The zero-order chi connectivity index (χ0) is 14.4. The fraction of sp³-hybridized carbons (Fsp3) is 0.286. The molecule has 0 spiro atoms. The molecule has 0 fully saturated rings. The van der Waals surface area contributed by atoms with E-state index in [0.29, 0.717) is 18.7 Å². The Hall–Kier alpha value is -2.37. The molecule has 20 heavy (non-hydrogen) atoms. The third-order valence-corrected chi connectivity index (χ3v) is 2.82. The maximum absolute atomic E-state index is 13.5. The van der Waals surface area contributed by atoms with E-state index in [1.165, 1.54) is 12.3 Å². The van der Waals surface area contributed by atoms with Crippen LogP contribution >= 0.6 is 0 Å². The Morgan fingerprint density at radius 2 is 2.25 bits per heavy atom. The highest BCUT2D eigenvalue weighted by Gasteiger charge is 2.13. The van der Waals surface area contributed by atoms with Crippen molar-refractivity contribution < 1.29 is 13.9 Å². The van der Waals surface area contributed by atoms with Crippen LogP contribution in [0.25, 0.3) is 0 Å². The lowest BCUT2D eigenvalue weighted by Crippen LogP contribution is -2.35. The lowest BCUT2D eigenvalue weighted by Gasteiger charge is -2.18. The van der Waals surface area contributed by atoms with Crippen molar-refractivity contribution in [3.8, 4) is 5.75 Å². The number of amides is 1. The third kappa shape index (κ3) is 3.57. The fourth-order valence-electron chi connectivity index (χ4n) is 1.67. The SMILES string of the molecule is CCC(CNC(=O)c1ccn[nH]1)Oc1ccccc1F. The lowest BCUT2D eigenvalue weighted by molar-refractivity contribution is 0.0919. The number of para-hydroxylation sites is 1. The van der Waals surface area contributed by atoms with Gasteiger partial charge in [0, 0.05) is 6.20 Å². The van der Waals surface area contributed by atoms with E-state index in [1.807, 2.05) is 6.92 Å². The number of nitrogens with one attached hydrogen (secondary N) is 2. The van der Waals surface area contributed by atoms with E-state index < -0.39 is 5.82 Å². The molecule has 5 nitrogen and oxygen atoms in total. The first kappa shape index (κ1) is 14.0. The van der Waals surface area contributed by atoms with Gasteiger partial charge in [0.05, 0.1) is 6.54 Å². The van der Waals surface area contributed by atoms with Gasteiger partial charge in [0.1, 0.15) is 11.8 Å². The van der Waals surface area contributed by atoms with Gasteiger partial charge >= 0.3 is 0 Å². The number of aromatic amines is 1. The molecule has 2 aromatic rings. The molecule has 2 N–H and O–H groups in total. The average Bonchev–Trinajstić information content (AvgIpc) is 2.99. The van der Waals surface area contributed by atoms with E-state index in [4.69, 9.17) is 4.74 Å². The van der Waals surface area contributed by atoms with Crippen LogP contribution in [0.5, 0.6) is 5.75 Å². The first-order chi connectivity index (χ1) is 9.70. The van der Waals surface area contributed by atoms with Gasteiger partial charge in [0.25, 0.3) is 5.91 Å². The summed E-state index contributed by atoms with van der Waals surface area (Å²) in [6.45, 7) is 2.20. The summed E-state index contributed by atoms with van der Waals surface area (Å²) in [6, 6.07) is 7.78. The molecule has 2 rings (SSSR count). The molecular formula is C14H16FN3O2. The number of hydrogen-bond acceptors (Lipinski definition) is 3. The molecule has 0 aliphatic carbocycles. The number of rotatable bonds is 6. The lowest BCUT2D eigenvalue weighted by atomic mass is 10.2. The van der Waals surface area contributed by atoms with Gasteiger partial charge in [-0.2, -0.15) is 5.10 Å². The summed E-state index contributed by atoms with van der Waals surface area (Å²) in [7, 11) is 0. The number of benzene rings is 1. The molecule has 0 radical (unpaired) electrons. The molecule has 1 amide bonds. The number of hydrogen-bond donors (Lipinski definition) is 2. The molecule has 106 valence electrons. The quantitative estimate of drug-likeness (QED) is 0.850. The number of aromatic nitrogens is 2. The Morgan fingerprint density at radius 1 is 1.45 bits per heavy atom. The Balaban J connectivity index is 1.90. The van der Waals surface area contributed by atoms with E-state index in [-0.39, 0.29) is 17.8 Å². The third-order valence-electron chi connectivity index (χ3n) is 2.82. The fourth-order valence-corrected chi connectivity index (χ4v) is 1.67. The van der Waals surface area contributed by atoms with E-state index in [1.54, 1.807) is 24.3 Å². The predicted octanol–water partition coefficient (Wildman–Crippen LogP) is 2.14. The van der Waals surface area contributed by atoms with Crippen LogP contribution in [0.2, 0.25) is 0 Å². The van der Waals surface area contributed by atoms with Crippen molar-refractivity contribution in [2.75, 3.05) is 6.54 Å². The topological polar surface area (TPSA) is 67.0 Å². The summed E-state index contributed by atoms with van der Waals surface area (Å²) in [5.41, 5.74) is 0.380. The summed E-state index contributed by atoms with van der Waals surface area (Å²) in [6.07, 6.45) is 1.86. The van der Waals surface area contributed by atoms with Crippen LogP contribution in [0.1, 0.15) is 23.8 Å². The van der Waals surface area contributed by atoms with Gasteiger partial charge in [-0.3, -0.25) is 9.89 Å². The zero-order valence-electron chi connectivity index (χ0n) is 11.1. The Morgan fingerprint density at radius 3 is 2.90 bits per heavy atom. The van der Waals surface area contributed by atoms with Gasteiger partial charge < -0.3 is 10.1 Å². The minimum atomic E-state index is -0.411. The van der Waals surface area contributed by atoms with Crippen LogP contribution < -0.4 is 10.1 Å². The van der Waals surface area contributed by atoms with E-state index in [2.05, 4.69) is 15.5 Å². The molecule has 1 unspecified atom stereocenters. The van der Waals surface area contributed by atoms with Gasteiger partial charge in [-0.15, -0.1) is 0 Å². The summed E-state index contributed by atoms with van der Waals surface area (Å²) >= 11 is 0. The number of H-pyrrole nitrogens is 1. The maximum Gasteiger partial charge on any atom is 0.269 e. The minimum absolute atomic E-state index is 0.190. The van der Waals surface area contributed by atoms with Crippen LogP contribution in [0, 0.1) is 5.82 Å². The highest BCUT2D eigenvalue weighted by Crippen LogP contribution is 2.17. The number of carbonyl (C=O) groups excluding carboxylic acids is 1. The van der Waals surface area contributed by atoms with Crippen molar-refractivity contribution in [2.45, 2.75) is 19.4 Å². The summed E-state index contributed by atoms with van der Waals surface area (Å²) < 4.78 is 19.0. The number of ether oxygens (including phenoxy) is 1. The molecule has 1 atom stereocenters. The molecule has 0 saturated heterocycles. The van der Waals surface area contributed by atoms with Crippen molar-refractivity contribution in [1.29, 1.82) is 0 Å². The van der Waals surface area contributed by atoms with E-state index in [0.717, 1.165) is 0 Å². The summed E-state index contributed by atoms with van der Waals surface area (Å²) in [5.74, 6) is -0.487. The first-order valence-electron chi connectivity index (χ1n) is 6.39. The molecular weight excluding hydrogens is 261 g/mol. The highest BCUT2D eigenvalue weighted by molar-refractivity contribution is 5.92. The minimum Gasteiger partial charge on any atom is -0.486 e. The molecule has 1 aromatic heterocycles. The molecule has 0 aliphatic heterocycles. The van der Waals surface area contributed by atoms with Crippen molar-refractivity contribution in [1.82, 2.24) is 15.5 Å². The molecule has 0 saturated carbocycles. The Bertz CT molecular complexity index is 557. The largest absolute Gasteiger partial charge is 0.486 e. The maximum atomic E-state index is 13.5. The number of carbonyl (C=O) groups is 1. The standard InChI is InChI=1S/C14H16FN3O2/c1-2-10(20-13-6-4-3-5-11(13)15)9-16-14(19)12-7-8-17-18-12/h3-8,10H,2,9H2,1H3,(H,16,19)(H,17,18). The highest BCUT2D eigenvalue weighted by atomic mass is 19.1. The van der Waals surface area contributed by atoms with Gasteiger partial charge in [0.2, 0.25) is 0 Å². The van der Waals surface area contributed by atoms with Crippen LogP contribution in [0.15, 0.2) is 36.5 Å². The first-order valence-corrected chi connectivity index (χ1v) is 6.39. The van der Waals surface area contributed by atoms with E-state index in [9.17, 15) is 9.18 Å². The van der Waals surface area contributed by atoms with Gasteiger partial charge in [0.15, 0.2) is 11.6 Å². The Labute approximate surface area is 116 Å². The van der Waals surface area contributed by atoms with Gasteiger partial charge in [-0.1, -0.05) is 19.1 Å². The summed E-state index contributed by atoms with van der Waals surface area (Å²) in [5, 5.41) is 9.00. The molecule has 0 aliphatic rings. The van der Waals surface area contributed by atoms with Crippen LogP contribution in [0.4, 0.5) is 4.39 Å². The van der Waals surface area contributed by atoms with Crippen LogP contribution in [0.3, 0.4) is 0 Å². The van der Waals surface area contributed by atoms with Crippen molar-refractivity contribution in [2.24, 2.45) is 0 Å². The molecule has 0 bridgehead atoms. The predicted molar refractivity (Wildman–Crippen MR) is 72.0 cm³/mol. The van der Waals surface area contributed by atoms with Crippen molar-refractivity contribution in [3.63, 3.8) is 0 Å². The van der Waals surface area contributed by atoms with Crippen molar-refractivity contribution >= 4 is 5.91 Å². The smallest absolute Gasteiger partial charge is 0.269 e. The van der Waals surface area contributed by atoms with Crippen LogP contribution in [-0.2, 0) is 0 Å². The number of halogens is 1. The second-order valence-electron chi connectivity index (χ2n) is 4.26. The van der Waals surface area contributed by atoms with Gasteiger partial charge in [-0.25, -0.2) is 4.39 Å². The van der Waals surface area contributed by atoms with Gasteiger partial charge in [-0.05, 0) is 24.6 Å². The Kier molecular flexibility index (Phi) is 4.70. The monoisotopic (exact) mass is 277 g/mol. The van der Waals surface area contributed by atoms with Crippen LogP contribution in [-0.4, -0.2) is 28.8 Å². The molecule has 1 heterocycles. The number of nitrogens with zero attached hydrogens (tertiary/aromatic N) is 1. The second kappa shape index (κ2) is 6.70. The van der Waals surface area contributed by atoms with E-state index >= 15 is 0 Å². The average molecular weight is 277 g/mol. The molecule has 6 heteroatoms. The zero-order valence-corrected chi connectivity index (χ0v) is 11.1.